The van der Waals surface area contributed by atoms with Crippen molar-refractivity contribution in [2.45, 2.75) is 31.9 Å². The quantitative estimate of drug-likeness (QED) is 0.859. The Bertz CT molecular complexity index is 689. The van der Waals surface area contributed by atoms with E-state index in [-0.39, 0.29) is 30.5 Å². The molecule has 138 valence electrons. The van der Waals surface area contributed by atoms with Gasteiger partial charge in [0.1, 0.15) is 12.1 Å². The molecule has 2 N–H and O–H groups in total. The van der Waals surface area contributed by atoms with Crippen molar-refractivity contribution in [1.82, 2.24) is 0 Å². The number of hydrogen-bond acceptors (Lipinski definition) is 4. The highest BCUT2D eigenvalue weighted by atomic mass is 16.5. The van der Waals surface area contributed by atoms with Crippen LogP contribution in [0.2, 0.25) is 0 Å². The van der Waals surface area contributed by atoms with E-state index in [0.717, 1.165) is 12.8 Å². The Morgan fingerprint density at radius 3 is 2.12 bits per heavy atom. The Kier molecular flexibility index (Phi) is 6.42. The lowest BCUT2D eigenvalue weighted by Gasteiger charge is -2.31. The first kappa shape index (κ1) is 18.6. The lowest BCUT2D eigenvalue weighted by Crippen LogP contribution is -2.39. The molecule has 2 aromatic carbocycles. The summed E-state index contributed by atoms with van der Waals surface area (Å²) in [5, 5.41) is 0. The zero-order valence-corrected chi connectivity index (χ0v) is 15.2. The third-order valence-corrected chi connectivity index (χ3v) is 5.10. The molecule has 1 aliphatic rings. The first-order valence-electron chi connectivity index (χ1n) is 9.25. The summed E-state index contributed by atoms with van der Waals surface area (Å²) in [5.41, 5.74) is 8.38. The van der Waals surface area contributed by atoms with Crippen LogP contribution in [0.25, 0.3) is 0 Å². The molecule has 1 aliphatic heterocycles. The van der Waals surface area contributed by atoms with E-state index in [9.17, 15) is 4.79 Å². The molecule has 2 aromatic rings. The normalized spacial score (nSPS) is 27.1. The standard InChI is InChI=1S/C22H27NO3/c1-16-20(13-18-10-6-3-7-11-18)19(12-17-8-4-2-5-9-17)14-25-15-21(23)22(24)26-16/h2-11,16,19-21H,12-15,23H2,1H3/t16-,19-,20-,21-/m0/s1. The Balaban J connectivity index is 1.85. The molecule has 0 radical (unpaired) electrons. The zero-order chi connectivity index (χ0) is 18.4. The maximum Gasteiger partial charge on any atom is 0.325 e. The lowest BCUT2D eigenvalue weighted by molar-refractivity contribution is -0.153. The number of cyclic esters (lactones) is 1. The molecular weight excluding hydrogens is 326 g/mol. The van der Waals surface area contributed by atoms with Crippen molar-refractivity contribution in [1.29, 1.82) is 0 Å². The molecule has 4 heteroatoms. The fraction of sp³-hybridized carbons (Fsp3) is 0.409. The van der Waals surface area contributed by atoms with Crippen LogP contribution in [0.4, 0.5) is 0 Å². The van der Waals surface area contributed by atoms with Crippen molar-refractivity contribution < 1.29 is 14.3 Å². The van der Waals surface area contributed by atoms with Gasteiger partial charge in [0.25, 0.3) is 0 Å². The number of hydrogen-bond donors (Lipinski definition) is 1. The van der Waals surface area contributed by atoms with E-state index in [0.29, 0.717) is 6.61 Å². The average molecular weight is 353 g/mol. The number of benzene rings is 2. The Labute approximate surface area is 155 Å². The topological polar surface area (TPSA) is 61.5 Å². The van der Waals surface area contributed by atoms with Crippen LogP contribution in [0, 0.1) is 11.8 Å². The molecule has 0 unspecified atom stereocenters. The van der Waals surface area contributed by atoms with Gasteiger partial charge in [-0.05, 0) is 36.8 Å². The molecule has 1 fully saturated rings. The number of rotatable bonds is 4. The summed E-state index contributed by atoms with van der Waals surface area (Å²) in [5.74, 6) is 0.0217. The number of carbonyl (C=O) groups excluding carboxylic acids is 1. The van der Waals surface area contributed by atoms with Crippen LogP contribution in [0.3, 0.4) is 0 Å². The summed E-state index contributed by atoms with van der Waals surface area (Å²) in [7, 11) is 0. The van der Waals surface area contributed by atoms with Gasteiger partial charge in [0.15, 0.2) is 0 Å². The van der Waals surface area contributed by atoms with E-state index >= 15 is 0 Å². The summed E-state index contributed by atoms with van der Waals surface area (Å²) in [4.78, 5) is 12.2. The van der Waals surface area contributed by atoms with Gasteiger partial charge in [0.05, 0.1) is 13.2 Å². The van der Waals surface area contributed by atoms with E-state index < -0.39 is 6.04 Å². The van der Waals surface area contributed by atoms with Gasteiger partial charge in [-0.1, -0.05) is 60.7 Å². The molecule has 3 rings (SSSR count). The van der Waals surface area contributed by atoms with E-state index in [1.165, 1.54) is 11.1 Å². The minimum Gasteiger partial charge on any atom is -0.461 e. The highest BCUT2D eigenvalue weighted by molar-refractivity contribution is 5.75. The van der Waals surface area contributed by atoms with E-state index in [1.54, 1.807) is 0 Å². The van der Waals surface area contributed by atoms with Crippen molar-refractivity contribution in [3.63, 3.8) is 0 Å². The highest BCUT2D eigenvalue weighted by Gasteiger charge is 2.33. The Morgan fingerprint density at radius 2 is 1.50 bits per heavy atom. The molecular formula is C22H27NO3. The monoisotopic (exact) mass is 353 g/mol. The minimum atomic E-state index is -0.717. The largest absolute Gasteiger partial charge is 0.461 e. The van der Waals surface area contributed by atoms with Crippen LogP contribution in [-0.2, 0) is 27.1 Å². The summed E-state index contributed by atoms with van der Waals surface area (Å²) in [6.45, 7) is 2.75. The van der Waals surface area contributed by atoms with Crippen molar-refractivity contribution in [2.75, 3.05) is 13.2 Å². The van der Waals surface area contributed by atoms with Gasteiger partial charge in [-0.25, -0.2) is 0 Å². The molecule has 4 nitrogen and oxygen atoms in total. The van der Waals surface area contributed by atoms with Crippen LogP contribution >= 0.6 is 0 Å². The van der Waals surface area contributed by atoms with Crippen LogP contribution in [0.1, 0.15) is 18.1 Å². The number of esters is 1. The van der Waals surface area contributed by atoms with E-state index in [2.05, 4.69) is 36.4 Å². The van der Waals surface area contributed by atoms with Gasteiger partial charge in [-0.2, -0.15) is 0 Å². The van der Waals surface area contributed by atoms with Crippen molar-refractivity contribution >= 4 is 5.97 Å². The van der Waals surface area contributed by atoms with Crippen LogP contribution < -0.4 is 5.73 Å². The van der Waals surface area contributed by atoms with Gasteiger partial charge in [0.2, 0.25) is 0 Å². The zero-order valence-electron chi connectivity index (χ0n) is 15.2. The molecule has 1 heterocycles. The number of carbonyl (C=O) groups is 1. The lowest BCUT2D eigenvalue weighted by atomic mass is 9.80. The third kappa shape index (κ3) is 4.93. The molecule has 0 aliphatic carbocycles. The number of ether oxygens (including phenoxy) is 2. The van der Waals surface area contributed by atoms with Crippen LogP contribution in [0.5, 0.6) is 0 Å². The second-order valence-corrected chi connectivity index (χ2v) is 7.09. The maximum atomic E-state index is 12.2. The van der Waals surface area contributed by atoms with Crippen molar-refractivity contribution in [3.05, 3.63) is 71.8 Å². The first-order chi connectivity index (χ1) is 12.6. The molecule has 26 heavy (non-hydrogen) atoms. The second-order valence-electron chi connectivity index (χ2n) is 7.09. The summed E-state index contributed by atoms with van der Waals surface area (Å²) in [6, 6.07) is 20.0. The van der Waals surface area contributed by atoms with Gasteiger partial charge < -0.3 is 15.2 Å². The molecule has 0 spiro atoms. The molecule has 0 aromatic heterocycles. The fourth-order valence-corrected chi connectivity index (χ4v) is 3.63. The SMILES string of the molecule is C[C@@H]1OC(=O)[C@@H](N)COC[C@H](Cc2ccccc2)[C@H]1Cc1ccccc1. The molecule has 4 atom stereocenters. The van der Waals surface area contributed by atoms with Gasteiger partial charge in [-0.3, -0.25) is 4.79 Å². The summed E-state index contributed by atoms with van der Waals surface area (Å²) < 4.78 is 11.5. The Morgan fingerprint density at radius 1 is 0.923 bits per heavy atom. The molecule has 0 saturated carbocycles. The predicted molar refractivity (Wildman–Crippen MR) is 102 cm³/mol. The highest BCUT2D eigenvalue weighted by Crippen LogP contribution is 2.28. The summed E-state index contributed by atoms with van der Waals surface area (Å²) in [6.07, 6.45) is 1.50. The third-order valence-electron chi connectivity index (χ3n) is 5.10. The van der Waals surface area contributed by atoms with E-state index in [1.807, 2.05) is 31.2 Å². The number of nitrogens with two attached hydrogens (primary N) is 1. The fourth-order valence-electron chi connectivity index (χ4n) is 3.63. The van der Waals surface area contributed by atoms with Crippen molar-refractivity contribution in [3.8, 4) is 0 Å². The molecule has 0 amide bonds. The minimum absolute atomic E-state index is 0.159. The van der Waals surface area contributed by atoms with E-state index in [4.69, 9.17) is 15.2 Å². The predicted octanol–water partition coefficient (Wildman–Crippen LogP) is 2.99. The average Bonchev–Trinajstić information content (AvgIpc) is 2.70. The van der Waals surface area contributed by atoms with Gasteiger partial charge in [-0.15, -0.1) is 0 Å². The first-order valence-corrected chi connectivity index (χ1v) is 9.25. The van der Waals surface area contributed by atoms with Crippen LogP contribution in [-0.4, -0.2) is 31.3 Å². The van der Waals surface area contributed by atoms with Gasteiger partial charge in [0, 0.05) is 5.92 Å². The van der Waals surface area contributed by atoms with Crippen molar-refractivity contribution in [2.24, 2.45) is 17.6 Å². The van der Waals surface area contributed by atoms with Crippen LogP contribution in [0.15, 0.2) is 60.7 Å². The smallest absolute Gasteiger partial charge is 0.325 e. The Hall–Kier alpha value is -2.17. The summed E-state index contributed by atoms with van der Waals surface area (Å²) >= 11 is 0. The maximum absolute atomic E-state index is 12.2. The molecule has 1 saturated heterocycles. The van der Waals surface area contributed by atoms with Gasteiger partial charge >= 0.3 is 5.97 Å². The molecule has 0 bridgehead atoms. The second kappa shape index (κ2) is 8.97.